The smallest absolute Gasteiger partial charge is 0.311 e. The minimum atomic E-state index is -2.28. The van der Waals surface area contributed by atoms with Crippen LogP contribution in [0.15, 0.2) is 0 Å². The molecule has 1 aromatic rings. The Hall–Kier alpha value is -1.66. The van der Waals surface area contributed by atoms with Gasteiger partial charge in [-0.15, -0.1) is 0 Å². The third-order valence-corrected chi connectivity index (χ3v) is 3.62. The molecule has 1 saturated carbocycles. The lowest BCUT2D eigenvalue weighted by atomic mass is 10.0. The van der Waals surface area contributed by atoms with E-state index in [1.54, 1.807) is 0 Å². The standard InChI is InChI=1S/C14H13F5O2/c15-9-10(16)12(18)14(13(19)11(9)17)21-8(20)6-5-7-3-1-2-4-7/h7H,1-6H2. The van der Waals surface area contributed by atoms with Gasteiger partial charge in [0.15, 0.2) is 0 Å². The van der Waals surface area contributed by atoms with Crippen LogP contribution < -0.4 is 4.74 Å². The first-order valence-corrected chi connectivity index (χ1v) is 6.64. The number of benzene rings is 1. The number of ether oxygens (including phenoxy) is 1. The summed E-state index contributed by atoms with van der Waals surface area (Å²) in [6, 6.07) is 0. The highest BCUT2D eigenvalue weighted by molar-refractivity contribution is 5.72. The molecule has 2 nitrogen and oxygen atoms in total. The number of carbonyl (C=O) groups excluding carboxylic acids is 1. The molecule has 1 aromatic carbocycles. The summed E-state index contributed by atoms with van der Waals surface area (Å²) in [4.78, 5) is 11.5. The van der Waals surface area contributed by atoms with Crippen LogP contribution in [0.5, 0.6) is 5.75 Å². The number of carbonyl (C=O) groups is 1. The van der Waals surface area contributed by atoms with Crippen LogP contribution in [0, 0.1) is 35.0 Å². The second kappa shape index (κ2) is 6.41. The molecule has 0 aromatic heterocycles. The zero-order chi connectivity index (χ0) is 15.6. The second-order valence-corrected chi connectivity index (χ2v) is 5.06. The molecule has 2 rings (SSSR count). The van der Waals surface area contributed by atoms with Crippen molar-refractivity contribution in [3.8, 4) is 5.75 Å². The number of rotatable bonds is 4. The summed E-state index contributed by atoms with van der Waals surface area (Å²) in [7, 11) is 0. The number of hydrogen-bond acceptors (Lipinski definition) is 2. The van der Waals surface area contributed by atoms with E-state index in [2.05, 4.69) is 4.74 Å². The fraction of sp³-hybridized carbons (Fsp3) is 0.500. The zero-order valence-corrected chi connectivity index (χ0v) is 11.0. The Kier molecular flexibility index (Phi) is 4.80. The average molecular weight is 308 g/mol. The molecule has 1 aliphatic carbocycles. The van der Waals surface area contributed by atoms with E-state index in [9.17, 15) is 26.7 Å². The van der Waals surface area contributed by atoms with Crippen molar-refractivity contribution in [1.29, 1.82) is 0 Å². The van der Waals surface area contributed by atoms with Gasteiger partial charge in [-0.1, -0.05) is 25.7 Å². The first kappa shape index (κ1) is 15.7. The molecule has 0 aliphatic heterocycles. The third kappa shape index (κ3) is 3.33. The van der Waals surface area contributed by atoms with E-state index in [4.69, 9.17) is 0 Å². The van der Waals surface area contributed by atoms with Crippen molar-refractivity contribution >= 4 is 5.97 Å². The molecule has 1 fully saturated rings. The summed E-state index contributed by atoms with van der Waals surface area (Å²) >= 11 is 0. The highest BCUT2D eigenvalue weighted by atomic mass is 19.2. The maximum Gasteiger partial charge on any atom is 0.311 e. The van der Waals surface area contributed by atoms with Crippen molar-refractivity contribution in [3.05, 3.63) is 29.1 Å². The lowest BCUT2D eigenvalue weighted by Gasteiger charge is -2.10. The lowest BCUT2D eigenvalue weighted by Crippen LogP contribution is -2.14. The van der Waals surface area contributed by atoms with Crippen molar-refractivity contribution in [2.75, 3.05) is 0 Å². The van der Waals surface area contributed by atoms with Gasteiger partial charge in [-0.05, 0) is 12.3 Å². The van der Waals surface area contributed by atoms with Gasteiger partial charge in [0, 0.05) is 6.42 Å². The molecule has 0 bridgehead atoms. The van der Waals surface area contributed by atoms with Crippen molar-refractivity contribution in [3.63, 3.8) is 0 Å². The minimum Gasteiger partial charge on any atom is -0.420 e. The van der Waals surface area contributed by atoms with Crippen LogP contribution in [0.25, 0.3) is 0 Å². The van der Waals surface area contributed by atoms with Crippen LogP contribution in [0.1, 0.15) is 38.5 Å². The molecule has 0 heterocycles. The molecule has 0 radical (unpaired) electrons. The Bertz CT molecular complexity index is 524. The van der Waals surface area contributed by atoms with E-state index in [0.717, 1.165) is 25.7 Å². The molecule has 0 atom stereocenters. The Morgan fingerprint density at radius 3 is 1.90 bits per heavy atom. The molecule has 0 spiro atoms. The summed E-state index contributed by atoms with van der Waals surface area (Å²) in [5, 5.41) is 0. The maximum absolute atomic E-state index is 13.3. The number of esters is 1. The monoisotopic (exact) mass is 308 g/mol. The fourth-order valence-electron chi connectivity index (χ4n) is 2.46. The van der Waals surface area contributed by atoms with Gasteiger partial charge in [0.25, 0.3) is 0 Å². The maximum atomic E-state index is 13.3. The van der Waals surface area contributed by atoms with E-state index < -0.39 is 40.8 Å². The molecular formula is C14H13F5O2. The summed E-state index contributed by atoms with van der Waals surface area (Å²) < 4.78 is 69.6. The second-order valence-electron chi connectivity index (χ2n) is 5.06. The third-order valence-electron chi connectivity index (χ3n) is 3.62. The van der Waals surface area contributed by atoms with E-state index in [-0.39, 0.29) is 6.42 Å². The molecular weight excluding hydrogens is 295 g/mol. The summed E-state index contributed by atoms with van der Waals surface area (Å²) in [5.41, 5.74) is 0. The Balaban J connectivity index is 2.06. The van der Waals surface area contributed by atoms with Crippen LogP contribution in [-0.4, -0.2) is 5.97 Å². The summed E-state index contributed by atoms with van der Waals surface area (Å²) in [5.74, 6) is -13.0. The number of hydrogen-bond donors (Lipinski definition) is 0. The van der Waals surface area contributed by atoms with Gasteiger partial charge in [0.05, 0.1) is 0 Å². The summed E-state index contributed by atoms with van der Waals surface area (Å²) in [6.45, 7) is 0. The average Bonchev–Trinajstić information content (AvgIpc) is 2.99. The first-order valence-electron chi connectivity index (χ1n) is 6.64. The Morgan fingerprint density at radius 2 is 1.38 bits per heavy atom. The highest BCUT2D eigenvalue weighted by Crippen LogP contribution is 2.31. The predicted octanol–water partition coefficient (Wildman–Crippen LogP) is 4.26. The Labute approximate surface area is 117 Å². The Morgan fingerprint density at radius 1 is 0.905 bits per heavy atom. The van der Waals surface area contributed by atoms with Crippen LogP contribution in [0.3, 0.4) is 0 Å². The van der Waals surface area contributed by atoms with Gasteiger partial charge in [-0.2, -0.15) is 8.78 Å². The normalized spacial score (nSPS) is 15.5. The predicted molar refractivity (Wildman–Crippen MR) is 63.1 cm³/mol. The van der Waals surface area contributed by atoms with E-state index in [1.807, 2.05) is 0 Å². The van der Waals surface area contributed by atoms with Gasteiger partial charge in [0.1, 0.15) is 0 Å². The van der Waals surface area contributed by atoms with Crippen LogP contribution in [0.2, 0.25) is 0 Å². The van der Waals surface area contributed by atoms with Crippen LogP contribution in [0.4, 0.5) is 22.0 Å². The van der Waals surface area contributed by atoms with E-state index in [0.29, 0.717) is 12.3 Å². The van der Waals surface area contributed by atoms with Crippen molar-refractivity contribution < 1.29 is 31.5 Å². The van der Waals surface area contributed by atoms with Crippen LogP contribution >= 0.6 is 0 Å². The molecule has 0 saturated heterocycles. The molecule has 7 heteroatoms. The molecule has 0 N–H and O–H groups in total. The van der Waals surface area contributed by atoms with Gasteiger partial charge in [-0.3, -0.25) is 4.79 Å². The van der Waals surface area contributed by atoms with Crippen molar-refractivity contribution in [1.82, 2.24) is 0 Å². The molecule has 21 heavy (non-hydrogen) atoms. The van der Waals surface area contributed by atoms with Gasteiger partial charge in [0.2, 0.25) is 34.8 Å². The largest absolute Gasteiger partial charge is 0.420 e. The van der Waals surface area contributed by atoms with Gasteiger partial charge >= 0.3 is 5.97 Å². The van der Waals surface area contributed by atoms with Gasteiger partial charge < -0.3 is 4.74 Å². The quantitative estimate of drug-likeness (QED) is 0.273. The highest BCUT2D eigenvalue weighted by Gasteiger charge is 2.28. The zero-order valence-electron chi connectivity index (χ0n) is 11.0. The first-order chi connectivity index (χ1) is 9.91. The molecule has 0 unspecified atom stereocenters. The lowest BCUT2D eigenvalue weighted by molar-refractivity contribution is -0.135. The molecule has 1 aliphatic rings. The van der Waals surface area contributed by atoms with Crippen LogP contribution in [-0.2, 0) is 4.79 Å². The minimum absolute atomic E-state index is 0.121. The summed E-state index contributed by atoms with van der Waals surface area (Å²) in [6.07, 6.45) is 4.43. The number of halogens is 5. The topological polar surface area (TPSA) is 26.3 Å². The van der Waals surface area contributed by atoms with Crippen molar-refractivity contribution in [2.24, 2.45) is 5.92 Å². The van der Waals surface area contributed by atoms with E-state index >= 15 is 0 Å². The fourth-order valence-corrected chi connectivity index (χ4v) is 2.46. The molecule has 116 valence electrons. The van der Waals surface area contributed by atoms with Gasteiger partial charge in [-0.25, -0.2) is 13.2 Å². The molecule has 0 amide bonds. The van der Waals surface area contributed by atoms with Crippen molar-refractivity contribution in [2.45, 2.75) is 38.5 Å². The van der Waals surface area contributed by atoms with E-state index in [1.165, 1.54) is 0 Å². The SMILES string of the molecule is O=C(CCC1CCCC1)Oc1c(F)c(F)c(F)c(F)c1F.